The molecule has 114 valence electrons. The van der Waals surface area contributed by atoms with Gasteiger partial charge in [0.2, 0.25) is 5.91 Å². The fourth-order valence-corrected chi connectivity index (χ4v) is 4.26. The lowest BCUT2D eigenvalue weighted by molar-refractivity contribution is -0.117. The summed E-state index contributed by atoms with van der Waals surface area (Å²) in [4.78, 5) is 14.8. The maximum Gasteiger partial charge on any atom is 0.241 e. The molecule has 1 amide bonds. The summed E-state index contributed by atoms with van der Waals surface area (Å²) in [6.07, 6.45) is 0.843. The van der Waals surface area contributed by atoms with Crippen LogP contribution < -0.4 is 4.90 Å². The third kappa shape index (κ3) is 2.75. The highest BCUT2D eigenvalue weighted by atomic mass is 35.5. The van der Waals surface area contributed by atoms with Crippen molar-refractivity contribution in [2.75, 3.05) is 4.90 Å². The summed E-state index contributed by atoms with van der Waals surface area (Å²) in [5.74, 6) is 0.196. The van der Waals surface area contributed by atoms with E-state index < -0.39 is 0 Å². The normalized spacial score (nSPS) is 21.4. The molecule has 0 spiro atoms. The number of carbonyl (C=O) groups excluding carboxylic acids is 1. The SMILES string of the molecule is CCC1SC(c2ccc(Cl)cc2)N(c2ccccc2C)C1=O. The molecule has 0 aliphatic carbocycles. The van der Waals surface area contributed by atoms with E-state index in [9.17, 15) is 4.79 Å². The van der Waals surface area contributed by atoms with Gasteiger partial charge in [0.1, 0.15) is 5.37 Å². The van der Waals surface area contributed by atoms with Gasteiger partial charge in [0.05, 0.1) is 5.25 Å². The molecule has 2 nitrogen and oxygen atoms in total. The third-order valence-corrected chi connectivity index (χ3v) is 5.80. The van der Waals surface area contributed by atoms with E-state index >= 15 is 0 Å². The summed E-state index contributed by atoms with van der Waals surface area (Å²) in [6, 6.07) is 15.8. The minimum Gasteiger partial charge on any atom is -0.295 e. The Morgan fingerprint density at radius 2 is 1.82 bits per heavy atom. The molecular formula is C18H18ClNOS. The van der Waals surface area contributed by atoms with Crippen molar-refractivity contribution in [3.05, 3.63) is 64.7 Å². The molecule has 0 bridgehead atoms. The maximum atomic E-state index is 12.8. The van der Waals surface area contributed by atoms with Crippen molar-refractivity contribution in [1.29, 1.82) is 0 Å². The highest BCUT2D eigenvalue weighted by molar-refractivity contribution is 8.01. The van der Waals surface area contributed by atoms with Crippen LogP contribution in [0.25, 0.3) is 0 Å². The van der Waals surface area contributed by atoms with Crippen molar-refractivity contribution < 1.29 is 4.79 Å². The van der Waals surface area contributed by atoms with Crippen LogP contribution in [-0.2, 0) is 4.79 Å². The Morgan fingerprint density at radius 1 is 1.14 bits per heavy atom. The third-order valence-electron chi connectivity index (χ3n) is 3.94. The molecule has 2 atom stereocenters. The number of nitrogens with zero attached hydrogens (tertiary/aromatic N) is 1. The van der Waals surface area contributed by atoms with Crippen molar-refractivity contribution >= 4 is 35.0 Å². The van der Waals surface area contributed by atoms with Gasteiger partial charge in [0.25, 0.3) is 0 Å². The molecule has 3 rings (SSSR count). The predicted octanol–water partition coefficient (Wildman–Crippen LogP) is 5.21. The number of aryl methyl sites for hydroxylation is 1. The molecule has 1 fully saturated rings. The summed E-state index contributed by atoms with van der Waals surface area (Å²) in [6.45, 7) is 4.11. The number of thioether (sulfide) groups is 1. The van der Waals surface area contributed by atoms with Crippen LogP contribution in [0.1, 0.15) is 29.8 Å². The molecular weight excluding hydrogens is 314 g/mol. The van der Waals surface area contributed by atoms with E-state index in [1.54, 1.807) is 11.8 Å². The Bertz CT molecular complexity index is 686. The lowest BCUT2D eigenvalue weighted by Gasteiger charge is -2.25. The highest BCUT2D eigenvalue weighted by Crippen LogP contribution is 2.47. The van der Waals surface area contributed by atoms with E-state index in [1.807, 2.05) is 60.4 Å². The van der Waals surface area contributed by atoms with E-state index in [-0.39, 0.29) is 16.5 Å². The van der Waals surface area contributed by atoms with Gasteiger partial charge in [-0.1, -0.05) is 48.9 Å². The smallest absolute Gasteiger partial charge is 0.241 e. The zero-order valence-corrected chi connectivity index (χ0v) is 14.2. The van der Waals surface area contributed by atoms with Crippen LogP contribution in [-0.4, -0.2) is 11.2 Å². The second kappa shape index (κ2) is 6.35. The molecule has 0 radical (unpaired) electrons. The summed E-state index contributed by atoms with van der Waals surface area (Å²) >= 11 is 7.72. The average Bonchev–Trinajstić information content (AvgIpc) is 2.85. The standard InChI is InChI=1S/C18H18ClNOS/c1-3-16-17(21)20(15-7-5-4-6-12(15)2)18(22-16)13-8-10-14(19)11-9-13/h4-11,16,18H,3H2,1-2H3. The number of carbonyl (C=O) groups is 1. The second-order valence-electron chi connectivity index (χ2n) is 5.43. The number of amides is 1. The molecule has 0 saturated carbocycles. The Kier molecular flexibility index (Phi) is 4.46. The first-order chi connectivity index (χ1) is 10.6. The Hall–Kier alpha value is -1.45. The van der Waals surface area contributed by atoms with Gasteiger partial charge in [-0.2, -0.15) is 0 Å². The van der Waals surface area contributed by atoms with E-state index in [1.165, 1.54) is 0 Å². The van der Waals surface area contributed by atoms with Gasteiger partial charge in [-0.15, -0.1) is 11.8 Å². The van der Waals surface area contributed by atoms with Crippen LogP contribution in [0.3, 0.4) is 0 Å². The Labute approximate surface area is 140 Å². The number of hydrogen-bond donors (Lipinski definition) is 0. The topological polar surface area (TPSA) is 20.3 Å². The van der Waals surface area contributed by atoms with Crippen LogP contribution in [0.4, 0.5) is 5.69 Å². The highest BCUT2D eigenvalue weighted by Gasteiger charge is 2.41. The largest absolute Gasteiger partial charge is 0.295 e. The van der Waals surface area contributed by atoms with Gasteiger partial charge in [0, 0.05) is 10.7 Å². The molecule has 1 heterocycles. The summed E-state index contributed by atoms with van der Waals surface area (Å²) in [5, 5.41) is 0.739. The molecule has 1 aliphatic rings. The average molecular weight is 332 g/mol. The van der Waals surface area contributed by atoms with Crippen LogP contribution >= 0.6 is 23.4 Å². The predicted molar refractivity (Wildman–Crippen MR) is 94.5 cm³/mol. The molecule has 0 aromatic heterocycles. The number of anilines is 1. The van der Waals surface area contributed by atoms with Crippen LogP contribution in [0.2, 0.25) is 5.02 Å². The number of benzene rings is 2. The van der Waals surface area contributed by atoms with Gasteiger partial charge in [-0.25, -0.2) is 0 Å². The molecule has 1 aliphatic heterocycles. The van der Waals surface area contributed by atoms with Crippen LogP contribution in [0.5, 0.6) is 0 Å². The van der Waals surface area contributed by atoms with Crippen LogP contribution in [0.15, 0.2) is 48.5 Å². The number of halogens is 1. The van der Waals surface area contributed by atoms with Gasteiger partial charge in [-0.05, 0) is 42.7 Å². The van der Waals surface area contributed by atoms with Crippen molar-refractivity contribution in [3.63, 3.8) is 0 Å². The molecule has 22 heavy (non-hydrogen) atoms. The van der Waals surface area contributed by atoms with Crippen molar-refractivity contribution in [3.8, 4) is 0 Å². The lowest BCUT2D eigenvalue weighted by Crippen LogP contribution is -2.31. The Balaban J connectivity index is 2.05. The minimum atomic E-state index is 0.0100. The number of rotatable bonds is 3. The number of hydrogen-bond acceptors (Lipinski definition) is 2. The number of para-hydroxylation sites is 1. The first-order valence-electron chi connectivity index (χ1n) is 7.41. The lowest BCUT2D eigenvalue weighted by atomic mass is 10.1. The molecule has 2 aromatic carbocycles. The monoisotopic (exact) mass is 331 g/mol. The summed E-state index contributed by atoms with van der Waals surface area (Å²) < 4.78 is 0. The fraction of sp³-hybridized carbons (Fsp3) is 0.278. The van der Waals surface area contributed by atoms with Gasteiger partial charge >= 0.3 is 0 Å². The molecule has 2 unspecified atom stereocenters. The van der Waals surface area contributed by atoms with Crippen molar-refractivity contribution in [2.45, 2.75) is 30.9 Å². The molecule has 4 heteroatoms. The van der Waals surface area contributed by atoms with Gasteiger partial charge in [-0.3, -0.25) is 9.69 Å². The van der Waals surface area contributed by atoms with E-state index in [2.05, 4.69) is 6.92 Å². The van der Waals surface area contributed by atoms with Crippen molar-refractivity contribution in [2.24, 2.45) is 0 Å². The van der Waals surface area contributed by atoms with Crippen molar-refractivity contribution in [1.82, 2.24) is 0 Å². The second-order valence-corrected chi connectivity index (χ2v) is 7.16. The van der Waals surface area contributed by atoms with E-state index in [4.69, 9.17) is 11.6 Å². The first-order valence-corrected chi connectivity index (χ1v) is 8.73. The summed E-state index contributed by atoms with van der Waals surface area (Å²) in [5.41, 5.74) is 3.23. The summed E-state index contributed by atoms with van der Waals surface area (Å²) in [7, 11) is 0. The molecule has 1 saturated heterocycles. The van der Waals surface area contributed by atoms with Crippen LogP contribution in [0, 0.1) is 6.92 Å². The fourth-order valence-electron chi connectivity index (χ4n) is 2.75. The molecule has 0 N–H and O–H groups in total. The quantitative estimate of drug-likeness (QED) is 0.769. The zero-order valence-electron chi connectivity index (χ0n) is 12.6. The Morgan fingerprint density at radius 3 is 2.45 bits per heavy atom. The van der Waals surface area contributed by atoms with E-state index in [0.717, 1.165) is 23.2 Å². The minimum absolute atomic E-state index is 0.0100. The first kappa shape index (κ1) is 15.4. The van der Waals surface area contributed by atoms with E-state index in [0.29, 0.717) is 5.02 Å². The van der Waals surface area contributed by atoms with Gasteiger partial charge < -0.3 is 0 Å². The molecule has 2 aromatic rings. The van der Waals surface area contributed by atoms with Gasteiger partial charge in [0.15, 0.2) is 0 Å². The zero-order chi connectivity index (χ0) is 15.7. The maximum absolute atomic E-state index is 12.8.